The van der Waals surface area contributed by atoms with Crippen molar-refractivity contribution < 1.29 is 9.90 Å². The van der Waals surface area contributed by atoms with Gasteiger partial charge in [0.05, 0.1) is 11.4 Å². The Labute approximate surface area is 136 Å². The third kappa shape index (κ3) is 3.00. The second kappa shape index (κ2) is 6.05. The van der Waals surface area contributed by atoms with Gasteiger partial charge in [0.1, 0.15) is 0 Å². The lowest BCUT2D eigenvalue weighted by atomic mass is 10.3. The fraction of sp³-hybridized carbons (Fsp3) is 0.0667. The van der Waals surface area contributed by atoms with E-state index in [4.69, 9.17) is 11.6 Å². The van der Waals surface area contributed by atoms with Gasteiger partial charge in [-0.25, -0.2) is 9.67 Å². The summed E-state index contributed by atoms with van der Waals surface area (Å²) in [7, 11) is 0. The number of benzene rings is 1. The van der Waals surface area contributed by atoms with E-state index >= 15 is 0 Å². The molecule has 8 heteroatoms. The van der Waals surface area contributed by atoms with Gasteiger partial charge in [0, 0.05) is 11.2 Å². The van der Waals surface area contributed by atoms with E-state index in [1.165, 1.54) is 16.9 Å². The number of halogens is 1. The highest BCUT2D eigenvalue weighted by atomic mass is 35.5. The highest BCUT2D eigenvalue weighted by Crippen LogP contribution is 2.20. The number of nitrogens with one attached hydrogen (secondary N) is 1. The molecule has 1 aromatic carbocycles. The SMILES string of the molecule is Cc1c(C(=O)Nc2ncccc2O)nnn1-c1cccc(Cl)c1. The van der Waals surface area contributed by atoms with E-state index in [0.29, 0.717) is 16.4 Å². The van der Waals surface area contributed by atoms with Crippen LogP contribution in [0.25, 0.3) is 5.69 Å². The smallest absolute Gasteiger partial charge is 0.279 e. The molecule has 7 nitrogen and oxygen atoms in total. The number of anilines is 1. The average Bonchev–Trinajstić information content (AvgIpc) is 2.91. The fourth-order valence-electron chi connectivity index (χ4n) is 2.05. The van der Waals surface area contributed by atoms with Crippen LogP contribution in [0, 0.1) is 6.92 Å². The molecule has 0 fully saturated rings. The second-order valence-corrected chi connectivity index (χ2v) is 5.18. The summed E-state index contributed by atoms with van der Waals surface area (Å²) in [4.78, 5) is 16.2. The van der Waals surface area contributed by atoms with Gasteiger partial charge in [-0.2, -0.15) is 0 Å². The maximum Gasteiger partial charge on any atom is 0.279 e. The lowest BCUT2D eigenvalue weighted by molar-refractivity contribution is 0.102. The predicted molar refractivity (Wildman–Crippen MR) is 85.0 cm³/mol. The molecule has 0 saturated carbocycles. The largest absolute Gasteiger partial charge is 0.504 e. The zero-order chi connectivity index (χ0) is 16.4. The number of carbonyl (C=O) groups excluding carboxylic acids is 1. The van der Waals surface area contributed by atoms with Crippen molar-refractivity contribution >= 4 is 23.3 Å². The van der Waals surface area contributed by atoms with Crippen molar-refractivity contribution in [1.82, 2.24) is 20.0 Å². The molecular weight excluding hydrogens is 318 g/mol. The van der Waals surface area contributed by atoms with Gasteiger partial charge in [-0.1, -0.05) is 22.9 Å². The van der Waals surface area contributed by atoms with E-state index in [0.717, 1.165) is 0 Å². The van der Waals surface area contributed by atoms with Crippen molar-refractivity contribution in [3.8, 4) is 11.4 Å². The zero-order valence-electron chi connectivity index (χ0n) is 12.1. The van der Waals surface area contributed by atoms with Crippen molar-refractivity contribution in [3.63, 3.8) is 0 Å². The highest BCUT2D eigenvalue weighted by Gasteiger charge is 2.19. The van der Waals surface area contributed by atoms with E-state index in [9.17, 15) is 9.90 Å². The summed E-state index contributed by atoms with van der Waals surface area (Å²) in [6, 6.07) is 10.0. The summed E-state index contributed by atoms with van der Waals surface area (Å²) in [6.45, 7) is 1.72. The van der Waals surface area contributed by atoms with Gasteiger partial charge >= 0.3 is 0 Å². The Bertz CT molecular complexity index is 878. The second-order valence-electron chi connectivity index (χ2n) is 4.74. The normalized spacial score (nSPS) is 10.5. The third-order valence-corrected chi connectivity index (χ3v) is 3.42. The maximum atomic E-state index is 12.3. The summed E-state index contributed by atoms with van der Waals surface area (Å²) in [5.41, 5.74) is 1.37. The summed E-state index contributed by atoms with van der Waals surface area (Å²) < 4.78 is 1.51. The number of aromatic nitrogens is 4. The minimum atomic E-state index is -0.509. The average molecular weight is 330 g/mol. The minimum Gasteiger partial charge on any atom is -0.504 e. The first kappa shape index (κ1) is 15.0. The monoisotopic (exact) mass is 329 g/mol. The molecule has 2 N–H and O–H groups in total. The number of pyridine rings is 1. The Kier molecular flexibility index (Phi) is 3.94. The molecule has 0 aliphatic rings. The van der Waals surface area contributed by atoms with Crippen molar-refractivity contribution in [2.45, 2.75) is 6.92 Å². The molecule has 0 radical (unpaired) electrons. The van der Waals surface area contributed by atoms with Gasteiger partial charge in [-0.05, 0) is 37.3 Å². The van der Waals surface area contributed by atoms with Gasteiger partial charge in [-0.3, -0.25) is 4.79 Å². The van der Waals surface area contributed by atoms with E-state index in [1.807, 2.05) is 0 Å². The number of hydrogen-bond acceptors (Lipinski definition) is 5. The topological polar surface area (TPSA) is 92.9 Å². The summed E-state index contributed by atoms with van der Waals surface area (Å²) in [5.74, 6) is -0.570. The minimum absolute atomic E-state index is 0.0641. The van der Waals surface area contributed by atoms with Crippen LogP contribution in [0.3, 0.4) is 0 Å². The predicted octanol–water partition coefficient (Wildman–Crippen LogP) is 2.58. The van der Waals surface area contributed by atoms with Gasteiger partial charge in [0.25, 0.3) is 5.91 Å². The van der Waals surface area contributed by atoms with Crippen molar-refractivity contribution in [2.24, 2.45) is 0 Å². The molecule has 0 saturated heterocycles. The number of aromatic hydroxyl groups is 1. The molecule has 2 aromatic heterocycles. The Morgan fingerprint density at radius 3 is 2.87 bits per heavy atom. The van der Waals surface area contributed by atoms with Gasteiger partial charge < -0.3 is 10.4 Å². The molecular formula is C15H12ClN5O2. The summed E-state index contributed by atoms with van der Waals surface area (Å²) >= 11 is 5.96. The van der Waals surface area contributed by atoms with Gasteiger partial charge in [0.15, 0.2) is 17.3 Å². The third-order valence-electron chi connectivity index (χ3n) is 3.18. The van der Waals surface area contributed by atoms with Crippen LogP contribution >= 0.6 is 11.6 Å². The molecule has 0 aliphatic heterocycles. The molecule has 0 unspecified atom stereocenters. The van der Waals surface area contributed by atoms with Crippen molar-refractivity contribution in [2.75, 3.05) is 5.32 Å². The first-order chi connectivity index (χ1) is 11.1. The Hall–Kier alpha value is -2.93. The first-order valence-corrected chi connectivity index (χ1v) is 7.07. The zero-order valence-corrected chi connectivity index (χ0v) is 12.8. The van der Waals surface area contributed by atoms with Crippen LogP contribution in [0.2, 0.25) is 5.02 Å². The summed E-state index contributed by atoms with van der Waals surface area (Å²) in [6.07, 6.45) is 1.46. The quantitative estimate of drug-likeness (QED) is 0.770. The number of hydrogen-bond donors (Lipinski definition) is 2. The lowest BCUT2D eigenvalue weighted by Gasteiger charge is -2.05. The van der Waals surface area contributed by atoms with Crippen LogP contribution < -0.4 is 5.32 Å². The highest BCUT2D eigenvalue weighted by molar-refractivity contribution is 6.30. The van der Waals surface area contributed by atoms with Crippen LogP contribution in [0.5, 0.6) is 5.75 Å². The molecule has 23 heavy (non-hydrogen) atoms. The molecule has 2 heterocycles. The van der Waals surface area contributed by atoms with E-state index < -0.39 is 5.91 Å². The molecule has 3 aromatic rings. The van der Waals surface area contributed by atoms with Gasteiger partial charge in [-0.15, -0.1) is 5.10 Å². The van der Waals surface area contributed by atoms with Crippen LogP contribution in [0.15, 0.2) is 42.6 Å². The number of rotatable bonds is 3. The number of nitrogens with zero attached hydrogens (tertiary/aromatic N) is 4. The Morgan fingerprint density at radius 2 is 2.13 bits per heavy atom. The van der Waals surface area contributed by atoms with E-state index in [1.54, 1.807) is 37.3 Å². The van der Waals surface area contributed by atoms with Crippen LogP contribution in [0.1, 0.15) is 16.2 Å². The van der Waals surface area contributed by atoms with Crippen molar-refractivity contribution in [1.29, 1.82) is 0 Å². The Morgan fingerprint density at radius 1 is 1.30 bits per heavy atom. The Balaban J connectivity index is 1.90. The molecule has 116 valence electrons. The first-order valence-electron chi connectivity index (χ1n) is 6.70. The lowest BCUT2D eigenvalue weighted by Crippen LogP contribution is -2.15. The van der Waals surface area contributed by atoms with Gasteiger partial charge in [0.2, 0.25) is 0 Å². The van der Waals surface area contributed by atoms with Crippen LogP contribution in [-0.4, -0.2) is 31.0 Å². The summed E-state index contributed by atoms with van der Waals surface area (Å²) in [5, 5.41) is 20.6. The number of carbonyl (C=O) groups is 1. The van der Waals surface area contributed by atoms with E-state index in [-0.39, 0.29) is 17.3 Å². The number of amides is 1. The molecule has 3 rings (SSSR count). The van der Waals surface area contributed by atoms with Crippen LogP contribution in [-0.2, 0) is 0 Å². The molecule has 0 bridgehead atoms. The van der Waals surface area contributed by atoms with Crippen molar-refractivity contribution in [3.05, 3.63) is 59.0 Å². The fourth-order valence-corrected chi connectivity index (χ4v) is 2.24. The molecule has 0 spiro atoms. The molecule has 0 aliphatic carbocycles. The molecule has 0 atom stereocenters. The standard InChI is InChI=1S/C15H12ClN5O2/c1-9-13(15(23)18-14-12(22)6-3-7-17-14)19-20-21(9)11-5-2-4-10(16)8-11/h2-8,22H,1H3,(H,17,18,23). The maximum absolute atomic E-state index is 12.3. The molecule has 1 amide bonds. The van der Waals surface area contributed by atoms with Crippen LogP contribution in [0.4, 0.5) is 5.82 Å². The van der Waals surface area contributed by atoms with E-state index in [2.05, 4.69) is 20.6 Å².